The van der Waals surface area contributed by atoms with Gasteiger partial charge in [-0.3, -0.25) is 4.79 Å². The van der Waals surface area contributed by atoms with E-state index in [2.05, 4.69) is 32.0 Å². The first kappa shape index (κ1) is 17.3. The molecule has 1 aromatic heterocycles. The second-order valence-corrected chi connectivity index (χ2v) is 6.03. The molecule has 0 unspecified atom stereocenters. The fourth-order valence-electron chi connectivity index (χ4n) is 2.72. The smallest absolute Gasteiger partial charge is 0.251 e. The Hall–Kier alpha value is -4.12. The molecule has 4 rings (SSSR count). The lowest BCUT2D eigenvalue weighted by molar-refractivity contribution is 0.0947. The minimum Gasteiger partial charge on any atom is -0.492 e. The number of carbonyl (C=O) groups is 1. The van der Waals surface area contributed by atoms with E-state index in [-0.39, 0.29) is 5.91 Å². The lowest BCUT2D eigenvalue weighted by atomic mass is 10.2. The van der Waals surface area contributed by atoms with Crippen LogP contribution in [0, 0.1) is 11.3 Å². The zero-order chi connectivity index (χ0) is 19.3. The molecule has 0 radical (unpaired) electrons. The zero-order valence-corrected chi connectivity index (χ0v) is 14.8. The normalized spacial score (nSPS) is 13.2. The van der Waals surface area contributed by atoms with Crippen LogP contribution >= 0.6 is 0 Å². The molecule has 138 valence electrons. The summed E-state index contributed by atoms with van der Waals surface area (Å²) < 4.78 is 5.70. The molecule has 0 atom stereocenters. The van der Waals surface area contributed by atoms with Crippen LogP contribution in [0.15, 0.2) is 54.7 Å². The molecule has 3 aromatic rings. The van der Waals surface area contributed by atoms with Gasteiger partial charge in [0, 0.05) is 23.0 Å². The molecule has 0 aliphatic carbocycles. The molecule has 0 saturated heterocycles. The molecule has 2 heterocycles. The Kier molecular flexibility index (Phi) is 4.72. The van der Waals surface area contributed by atoms with Crippen molar-refractivity contribution >= 4 is 29.0 Å². The predicted octanol–water partition coefficient (Wildman–Crippen LogP) is 2.96. The number of nitrogens with zero attached hydrogens (tertiary/aromatic N) is 3. The standard InChI is InChI=1S/C20H16N6O2/c21-11-14-12-23-20-25-15-4-1-3-13(9-15)19(27)22-7-8-28-17-6-2-5-16(10-17)24-18(14)26-20/h1-6,9-10,12H,7-8H2,(H,22,27)(H2,23,24,25,26). The number of benzene rings is 2. The Morgan fingerprint density at radius 1 is 1.07 bits per heavy atom. The zero-order valence-electron chi connectivity index (χ0n) is 14.8. The maximum Gasteiger partial charge on any atom is 0.251 e. The molecule has 28 heavy (non-hydrogen) atoms. The van der Waals surface area contributed by atoms with E-state index >= 15 is 0 Å². The van der Waals surface area contributed by atoms with Crippen LogP contribution in [0.4, 0.5) is 23.1 Å². The first-order valence-electron chi connectivity index (χ1n) is 8.63. The summed E-state index contributed by atoms with van der Waals surface area (Å²) in [5.74, 6) is 1.12. The fraction of sp³-hybridized carbons (Fsp3) is 0.100. The molecule has 0 fully saturated rings. The van der Waals surface area contributed by atoms with Crippen molar-refractivity contribution in [3.8, 4) is 11.8 Å². The highest BCUT2D eigenvalue weighted by molar-refractivity contribution is 5.95. The summed E-state index contributed by atoms with van der Waals surface area (Å²) in [7, 11) is 0. The third-order valence-electron chi connectivity index (χ3n) is 4.04. The molecular weight excluding hydrogens is 356 g/mol. The molecule has 3 N–H and O–H groups in total. The second kappa shape index (κ2) is 7.63. The summed E-state index contributed by atoms with van der Waals surface area (Å²) in [6.07, 6.45) is 1.44. The van der Waals surface area contributed by atoms with Crippen molar-refractivity contribution in [2.24, 2.45) is 0 Å². The quantitative estimate of drug-likeness (QED) is 0.556. The molecule has 8 nitrogen and oxygen atoms in total. The lowest BCUT2D eigenvalue weighted by Gasteiger charge is -2.13. The van der Waals surface area contributed by atoms with Crippen LogP contribution in [0.5, 0.6) is 5.75 Å². The molecule has 2 aromatic carbocycles. The van der Waals surface area contributed by atoms with E-state index in [1.807, 2.05) is 18.2 Å². The van der Waals surface area contributed by atoms with E-state index in [1.54, 1.807) is 30.3 Å². The monoisotopic (exact) mass is 372 g/mol. The van der Waals surface area contributed by atoms with Crippen molar-refractivity contribution in [3.05, 3.63) is 65.9 Å². The summed E-state index contributed by atoms with van der Waals surface area (Å²) in [5.41, 5.74) is 2.20. The van der Waals surface area contributed by atoms with Crippen LogP contribution in [0.25, 0.3) is 0 Å². The number of rotatable bonds is 0. The van der Waals surface area contributed by atoms with Crippen molar-refractivity contribution < 1.29 is 9.53 Å². The SMILES string of the molecule is N#Cc1cnc2nc1Nc1cccc(c1)OCCNC(=O)c1cccc(c1)N2. The van der Waals surface area contributed by atoms with Crippen molar-refractivity contribution in [3.63, 3.8) is 0 Å². The Bertz CT molecular complexity index is 1080. The highest BCUT2D eigenvalue weighted by Crippen LogP contribution is 2.24. The average molecular weight is 372 g/mol. The summed E-state index contributed by atoms with van der Waals surface area (Å²) in [5, 5.41) is 18.4. The number of ether oxygens (including phenoxy) is 1. The second-order valence-electron chi connectivity index (χ2n) is 6.03. The van der Waals surface area contributed by atoms with Gasteiger partial charge >= 0.3 is 0 Å². The van der Waals surface area contributed by atoms with Gasteiger partial charge in [0.15, 0.2) is 5.82 Å². The number of hydrogen-bond donors (Lipinski definition) is 3. The Morgan fingerprint density at radius 3 is 2.75 bits per heavy atom. The number of hydrogen-bond acceptors (Lipinski definition) is 7. The van der Waals surface area contributed by atoms with Gasteiger partial charge in [-0.2, -0.15) is 10.2 Å². The summed E-state index contributed by atoms with van der Waals surface area (Å²) in [6.45, 7) is 0.698. The van der Waals surface area contributed by atoms with E-state index < -0.39 is 0 Å². The van der Waals surface area contributed by atoms with Gasteiger partial charge in [0.05, 0.1) is 12.7 Å². The molecule has 0 spiro atoms. The van der Waals surface area contributed by atoms with E-state index in [0.29, 0.717) is 47.5 Å². The third kappa shape index (κ3) is 3.83. The first-order chi connectivity index (χ1) is 13.7. The summed E-state index contributed by atoms with van der Waals surface area (Å²) in [6, 6.07) is 16.4. The van der Waals surface area contributed by atoms with Crippen molar-refractivity contribution in [1.82, 2.24) is 15.3 Å². The van der Waals surface area contributed by atoms with Gasteiger partial charge in [0.1, 0.15) is 24.0 Å². The van der Waals surface area contributed by atoms with Crippen LogP contribution in [0.1, 0.15) is 15.9 Å². The van der Waals surface area contributed by atoms with E-state index in [1.165, 1.54) is 6.20 Å². The largest absolute Gasteiger partial charge is 0.492 e. The molecule has 1 aliphatic heterocycles. The van der Waals surface area contributed by atoms with Crippen LogP contribution in [0.2, 0.25) is 0 Å². The van der Waals surface area contributed by atoms with Crippen LogP contribution in [-0.4, -0.2) is 29.0 Å². The van der Waals surface area contributed by atoms with Crippen LogP contribution in [-0.2, 0) is 0 Å². The molecule has 0 saturated carbocycles. The van der Waals surface area contributed by atoms with Gasteiger partial charge in [0.2, 0.25) is 5.95 Å². The number of nitrogens with one attached hydrogen (secondary N) is 3. The van der Waals surface area contributed by atoms with Crippen molar-refractivity contribution in [1.29, 1.82) is 5.26 Å². The molecule has 6 bridgehead atoms. The van der Waals surface area contributed by atoms with Crippen LogP contribution < -0.4 is 20.7 Å². The lowest BCUT2D eigenvalue weighted by Crippen LogP contribution is -2.28. The number of anilines is 4. The number of fused-ring (bicyclic) bond motifs is 6. The van der Waals surface area contributed by atoms with Gasteiger partial charge in [-0.15, -0.1) is 0 Å². The van der Waals surface area contributed by atoms with Crippen molar-refractivity contribution in [2.45, 2.75) is 0 Å². The van der Waals surface area contributed by atoms with Gasteiger partial charge in [-0.25, -0.2) is 4.98 Å². The van der Waals surface area contributed by atoms with E-state index in [0.717, 1.165) is 5.69 Å². The predicted molar refractivity (Wildman–Crippen MR) is 104 cm³/mol. The topological polar surface area (TPSA) is 112 Å². The maximum atomic E-state index is 12.3. The van der Waals surface area contributed by atoms with Gasteiger partial charge in [0.25, 0.3) is 5.91 Å². The Balaban J connectivity index is 1.75. The first-order valence-corrected chi connectivity index (χ1v) is 8.63. The van der Waals surface area contributed by atoms with Crippen molar-refractivity contribution in [2.75, 3.05) is 23.8 Å². The number of nitriles is 1. The summed E-state index contributed by atoms with van der Waals surface area (Å²) in [4.78, 5) is 20.9. The minimum atomic E-state index is -0.198. The maximum absolute atomic E-state index is 12.3. The van der Waals surface area contributed by atoms with E-state index in [9.17, 15) is 10.1 Å². The summed E-state index contributed by atoms with van der Waals surface area (Å²) >= 11 is 0. The highest BCUT2D eigenvalue weighted by Gasteiger charge is 2.11. The Labute approximate surface area is 161 Å². The van der Waals surface area contributed by atoms with Gasteiger partial charge in [-0.05, 0) is 30.3 Å². The number of aromatic nitrogens is 2. The molecule has 1 aliphatic rings. The molecular formula is C20H16N6O2. The molecule has 8 heteroatoms. The number of amides is 1. The van der Waals surface area contributed by atoms with Gasteiger partial charge in [-0.1, -0.05) is 12.1 Å². The average Bonchev–Trinajstić information content (AvgIpc) is 2.71. The Morgan fingerprint density at radius 2 is 1.89 bits per heavy atom. The third-order valence-corrected chi connectivity index (χ3v) is 4.04. The fourth-order valence-corrected chi connectivity index (χ4v) is 2.72. The van der Waals surface area contributed by atoms with Crippen LogP contribution in [0.3, 0.4) is 0 Å². The molecule has 1 amide bonds. The van der Waals surface area contributed by atoms with Gasteiger partial charge < -0.3 is 20.7 Å². The van der Waals surface area contributed by atoms with E-state index in [4.69, 9.17) is 4.74 Å². The minimum absolute atomic E-state index is 0.198. The highest BCUT2D eigenvalue weighted by atomic mass is 16.5. The number of carbonyl (C=O) groups excluding carboxylic acids is 1.